The number of fused-ring (bicyclic) bond motifs is 1. The van der Waals surface area contributed by atoms with Crippen molar-refractivity contribution in [2.24, 2.45) is 5.92 Å². The fourth-order valence-electron chi connectivity index (χ4n) is 3.89. The SMILES string of the molecule is C[C@H]1CCN(C(=O)[C@@H]2CCCc3nn(Cc4ccc(Cl)nc4)c(=O)n32)C1. The molecule has 1 saturated heterocycles. The Morgan fingerprint density at radius 2 is 2.19 bits per heavy atom. The first-order chi connectivity index (χ1) is 12.5. The van der Waals surface area contributed by atoms with E-state index >= 15 is 0 Å². The number of hydrogen-bond donors (Lipinski definition) is 0. The minimum Gasteiger partial charge on any atom is -0.341 e. The molecule has 0 spiro atoms. The van der Waals surface area contributed by atoms with Gasteiger partial charge in [0, 0.05) is 25.7 Å². The number of nitrogens with zero attached hydrogens (tertiary/aromatic N) is 5. The smallest absolute Gasteiger partial charge is 0.341 e. The van der Waals surface area contributed by atoms with Crippen molar-refractivity contribution in [1.82, 2.24) is 24.2 Å². The molecular formula is C18H22ClN5O2. The number of likely N-dealkylation sites (tertiary alicyclic amines) is 1. The summed E-state index contributed by atoms with van der Waals surface area (Å²) in [5, 5.41) is 4.89. The molecular weight excluding hydrogens is 354 g/mol. The highest BCUT2D eigenvalue weighted by Crippen LogP contribution is 2.26. The quantitative estimate of drug-likeness (QED) is 0.768. The molecule has 7 nitrogen and oxygen atoms in total. The van der Waals surface area contributed by atoms with Crippen molar-refractivity contribution in [3.8, 4) is 0 Å². The number of aromatic nitrogens is 4. The molecule has 138 valence electrons. The fourth-order valence-corrected chi connectivity index (χ4v) is 4.00. The van der Waals surface area contributed by atoms with Crippen molar-refractivity contribution in [3.05, 3.63) is 45.4 Å². The first kappa shape index (κ1) is 17.3. The summed E-state index contributed by atoms with van der Waals surface area (Å²) in [4.78, 5) is 31.8. The zero-order valence-corrected chi connectivity index (χ0v) is 15.5. The van der Waals surface area contributed by atoms with Crippen molar-refractivity contribution in [2.45, 2.75) is 45.2 Å². The molecule has 26 heavy (non-hydrogen) atoms. The van der Waals surface area contributed by atoms with Crippen LogP contribution in [0, 0.1) is 5.92 Å². The zero-order chi connectivity index (χ0) is 18.3. The van der Waals surface area contributed by atoms with Gasteiger partial charge in [-0.25, -0.2) is 14.5 Å². The van der Waals surface area contributed by atoms with E-state index < -0.39 is 6.04 Å². The Labute approximate surface area is 156 Å². The van der Waals surface area contributed by atoms with Crippen molar-refractivity contribution < 1.29 is 4.79 Å². The predicted molar refractivity (Wildman–Crippen MR) is 97.2 cm³/mol. The molecule has 4 heterocycles. The number of halogens is 1. The molecule has 0 radical (unpaired) electrons. The van der Waals surface area contributed by atoms with Crippen molar-refractivity contribution in [3.63, 3.8) is 0 Å². The van der Waals surface area contributed by atoms with Crippen LogP contribution in [0.1, 0.15) is 43.6 Å². The summed E-state index contributed by atoms with van der Waals surface area (Å²) >= 11 is 5.81. The molecule has 1 amide bonds. The van der Waals surface area contributed by atoms with Gasteiger partial charge < -0.3 is 4.90 Å². The average Bonchev–Trinajstić information content (AvgIpc) is 3.20. The maximum Gasteiger partial charge on any atom is 0.346 e. The number of rotatable bonds is 3. The maximum absolute atomic E-state index is 13.0. The lowest BCUT2D eigenvalue weighted by atomic mass is 10.0. The van der Waals surface area contributed by atoms with E-state index in [1.165, 1.54) is 4.68 Å². The highest BCUT2D eigenvalue weighted by molar-refractivity contribution is 6.29. The van der Waals surface area contributed by atoms with Crippen LogP contribution in [0.15, 0.2) is 23.1 Å². The Kier molecular flexibility index (Phi) is 4.56. The third kappa shape index (κ3) is 3.16. The lowest BCUT2D eigenvalue weighted by Crippen LogP contribution is -2.41. The van der Waals surface area contributed by atoms with Crippen LogP contribution in [0.25, 0.3) is 0 Å². The van der Waals surface area contributed by atoms with E-state index in [2.05, 4.69) is 17.0 Å². The fraction of sp³-hybridized carbons (Fsp3) is 0.556. The second-order valence-electron chi connectivity index (χ2n) is 7.30. The van der Waals surface area contributed by atoms with Crippen LogP contribution in [0.3, 0.4) is 0 Å². The lowest BCUT2D eigenvalue weighted by Gasteiger charge is -2.27. The Morgan fingerprint density at radius 1 is 1.35 bits per heavy atom. The van der Waals surface area contributed by atoms with Crippen LogP contribution in [0.4, 0.5) is 0 Å². The van der Waals surface area contributed by atoms with E-state index in [0.29, 0.717) is 29.9 Å². The highest BCUT2D eigenvalue weighted by atomic mass is 35.5. The Morgan fingerprint density at radius 3 is 2.88 bits per heavy atom. The summed E-state index contributed by atoms with van der Waals surface area (Å²) in [6.07, 6.45) is 4.97. The van der Waals surface area contributed by atoms with E-state index in [9.17, 15) is 9.59 Å². The minimum atomic E-state index is -0.423. The van der Waals surface area contributed by atoms with Gasteiger partial charge in [-0.3, -0.25) is 9.36 Å². The van der Waals surface area contributed by atoms with Crippen LogP contribution < -0.4 is 5.69 Å². The van der Waals surface area contributed by atoms with Crippen molar-refractivity contribution in [2.75, 3.05) is 13.1 Å². The van der Waals surface area contributed by atoms with Gasteiger partial charge in [-0.2, -0.15) is 5.10 Å². The number of aryl methyl sites for hydroxylation is 1. The monoisotopic (exact) mass is 375 g/mol. The molecule has 4 rings (SSSR count). The van der Waals surface area contributed by atoms with Crippen LogP contribution in [0.2, 0.25) is 5.15 Å². The molecule has 0 saturated carbocycles. The molecule has 2 aliphatic heterocycles. The number of carbonyl (C=O) groups excluding carboxylic acids is 1. The first-order valence-electron chi connectivity index (χ1n) is 9.10. The zero-order valence-electron chi connectivity index (χ0n) is 14.8. The molecule has 2 aliphatic rings. The molecule has 0 unspecified atom stereocenters. The highest BCUT2D eigenvalue weighted by Gasteiger charge is 2.35. The van der Waals surface area contributed by atoms with Crippen LogP contribution in [-0.4, -0.2) is 43.2 Å². The van der Waals surface area contributed by atoms with Gasteiger partial charge in [-0.1, -0.05) is 24.6 Å². The molecule has 2 atom stereocenters. The van der Waals surface area contributed by atoms with E-state index in [0.717, 1.165) is 37.9 Å². The standard InChI is InChI=1S/C18H22ClN5O2/c1-12-7-8-22(10-12)17(25)14-3-2-4-16-21-23(18(26)24(14)16)11-13-5-6-15(19)20-9-13/h5-6,9,12,14H,2-4,7-8,10-11H2,1H3/t12-,14-/m0/s1. The van der Waals surface area contributed by atoms with Gasteiger partial charge in [-0.15, -0.1) is 0 Å². The summed E-state index contributed by atoms with van der Waals surface area (Å²) in [5.41, 5.74) is 0.628. The Hall–Kier alpha value is -2.15. The number of hydrogen-bond acceptors (Lipinski definition) is 4. The summed E-state index contributed by atoms with van der Waals surface area (Å²) < 4.78 is 3.04. The lowest BCUT2D eigenvalue weighted by molar-refractivity contribution is -0.134. The van der Waals surface area contributed by atoms with Crippen molar-refractivity contribution >= 4 is 17.5 Å². The third-order valence-corrected chi connectivity index (χ3v) is 5.50. The number of amides is 1. The van der Waals surface area contributed by atoms with Crippen LogP contribution >= 0.6 is 11.6 Å². The van der Waals surface area contributed by atoms with E-state index in [1.54, 1.807) is 16.8 Å². The van der Waals surface area contributed by atoms with Gasteiger partial charge in [0.2, 0.25) is 5.91 Å². The summed E-state index contributed by atoms with van der Waals surface area (Å²) in [7, 11) is 0. The second kappa shape index (κ2) is 6.87. The topological polar surface area (TPSA) is 73.0 Å². The Balaban J connectivity index is 1.62. The molecule has 0 N–H and O–H groups in total. The maximum atomic E-state index is 13.0. The predicted octanol–water partition coefficient (Wildman–Crippen LogP) is 1.89. The molecule has 0 aliphatic carbocycles. The van der Waals surface area contributed by atoms with Crippen molar-refractivity contribution in [1.29, 1.82) is 0 Å². The summed E-state index contributed by atoms with van der Waals surface area (Å²) in [6, 6.07) is 3.10. The largest absolute Gasteiger partial charge is 0.346 e. The summed E-state index contributed by atoms with van der Waals surface area (Å²) in [6.45, 7) is 4.05. The second-order valence-corrected chi connectivity index (χ2v) is 7.69. The minimum absolute atomic E-state index is 0.0603. The molecule has 2 aromatic heterocycles. The van der Waals surface area contributed by atoms with E-state index in [1.807, 2.05) is 11.0 Å². The van der Waals surface area contributed by atoms with Gasteiger partial charge in [-0.05, 0) is 36.8 Å². The van der Waals surface area contributed by atoms with E-state index in [4.69, 9.17) is 11.6 Å². The molecule has 0 aromatic carbocycles. The third-order valence-electron chi connectivity index (χ3n) is 5.27. The molecule has 0 bridgehead atoms. The number of pyridine rings is 1. The van der Waals surface area contributed by atoms with E-state index in [-0.39, 0.29) is 11.6 Å². The van der Waals surface area contributed by atoms with Gasteiger partial charge in [0.1, 0.15) is 17.0 Å². The molecule has 2 aromatic rings. The average molecular weight is 376 g/mol. The van der Waals surface area contributed by atoms with Gasteiger partial charge in [0.15, 0.2) is 0 Å². The van der Waals surface area contributed by atoms with Gasteiger partial charge >= 0.3 is 5.69 Å². The molecule has 8 heteroatoms. The Bertz CT molecular complexity index is 873. The normalized spacial score (nSPS) is 22.5. The molecule has 1 fully saturated rings. The van der Waals surface area contributed by atoms with Gasteiger partial charge in [0.05, 0.1) is 6.54 Å². The number of carbonyl (C=O) groups is 1. The van der Waals surface area contributed by atoms with Crippen LogP contribution in [0.5, 0.6) is 0 Å². The van der Waals surface area contributed by atoms with Gasteiger partial charge in [0.25, 0.3) is 0 Å². The summed E-state index contributed by atoms with van der Waals surface area (Å²) in [5.74, 6) is 1.29. The first-order valence-corrected chi connectivity index (χ1v) is 9.48. The van der Waals surface area contributed by atoms with Crippen LogP contribution in [-0.2, 0) is 17.8 Å².